The van der Waals surface area contributed by atoms with E-state index in [1.807, 2.05) is 34.6 Å². The van der Waals surface area contributed by atoms with Gasteiger partial charge in [-0.25, -0.2) is 0 Å². The minimum atomic E-state index is -2.70. The van der Waals surface area contributed by atoms with Crippen molar-refractivity contribution in [1.29, 1.82) is 0 Å². The highest BCUT2D eigenvalue weighted by Crippen LogP contribution is 2.25. The van der Waals surface area contributed by atoms with Crippen molar-refractivity contribution in [1.82, 2.24) is 4.90 Å². The van der Waals surface area contributed by atoms with Crippen LogP contribution in [0.3, 0.4) is 0 Å². The molecule has 1 unspecified atom stereocenters. The van der Waals surface area contributed by atoms with E-state index in [4.69, 9.17) is 31.3 Å². The number of hydrogen-bond acceptors (Lipinski definition) is 8. The van der Waals surface area contributed by atoms with E-state index >= 15 is 0 Å². The summed E-state index contributed by atoms with van der Waals surface area (Å²) in [5, 5.41) is 0. The third-order valence-electron chi connectivity index (χ3n) is 5.08. The second-order valence-electron chi connectivity index (χ2n) is 7.60. The zero-order chi connectivity index (χ0) is 23.7. The van der Waals surface area contributed by atoms with Crippen molar-refractivity contribution >= 4 is 17.6 Å². The van der Waals surface area contributed by atoms with Gasteiger partial charge in [0.05, 0.1) is 19.3 Å². The highest BCUT2D eigenvalue weighted by Gasteiger charge is 2.44. The van der Waals surface area contributed by atoms with Crippen LogP contribution in [0.4, 0.5) is 0 Å². The van der Waals surface area contributed by atoms with E-state index < -0.39 is 17.6 Å². The summed E-state index contributed by atoms with van der Waals surface area (Å²) in [6.07, 6.45) is 3.59. The van der Waals surface area contributed by atoms with Gasteiger partial charge in [0.2, 0.25) is 0 Å². The average molecular weight is 494 g/mol. The summed E-state index contributed by atoms with van der Waals surface area (Å²) in [7, 11) is -5.31. The first-order valence-electron chi connectivity index (χ1n) is 12.3. The Labute approximate surface area is 198 Å². The second-order valence-corrected chi connectivity index (χ2v) is 13.0. The van der Waals surface area contributed by atoms with Gasteiger partial charge in [-0.05, 0) is 60.5 Å². The Kier molecular flexibility index (Phi) is 16.2. The van der Waals surface area contributed by atoms with Gasteiger partial charge in [0.25, 0.3) is 0 Å². The van der Waals surface area contributed by atoms with Gasteiger partial charge in [0.15, 0.2) is 0 Å². The monoisotopic (exact) mass is 493 g/mol. The third-order valence-corrected chi connectivity index (χ3v) is 11.4. The lowest BCUT2D eigenvalue weighted by Crippen LogP contribution is -2.54. The van der Waals surface area contributed by atoms with Crippen LogP contribution in [0.15, 0.2) is 12.7 Å². The molecule has 1 aliphatic rings. The van der Waals surface area contributed by atoms with E-state index in [-0.39, 0.29) is 6.10 Å². The van der Waals surface area contributed by atoms with Gasteiger partial charge in [0.1, 0.15) is 0 Å². The average Bonchev–Trinajstić information content (AvgIpc) is 2.73. The van der Waals surface area contributed by atoms with E-state index in [9.17, 15) is 0 Å². The van der Waals surface area contributed by atoms with Gasteiger partial charge >= 0.3 is 17.6 Å². The quantitative estimate of drug-likeness (QED) is 0.163. The maximum Gasteiger partial charge on any atom is 0.501 e. The van der Waals surface area contributed by atoms with Crippen molar-refractivity contribution < 1.29 is 31.3 Å². The second kappa shape index (κ2) is 17.3. The van der Waals surface area contributed by atoms with Crippen LogP contribution in [0.5, 0.6) is 0 Å². The lowest BCUT2D eigenvalue weighted by atomic mass is 10.3. The molecule has 0 radical (unpaired) electrons. The van der Waals surface area contributed by atoms with Crippen LogP contribution in [-0.2, 0) is 31.3 Å². The lowest BCUT2D eigenvalue weighted by molar-refractivity contribution is -0.0265. The Morgan fingerprint density at radius 2 is 1.62 bits per heavy atom. The fourth-order valence-corrected chi connectivity index (χ4v) is 9.38. The molecule has 0 aromatic heterocycles. The Hall–Kier alpha value is -0.146. The molecule has 1 fully saturated rings. The molecule has 32 heavy (non-hydrogen) atoms. The normalized spacial score (nSPS) is 20.1. The minimum Gasteiger partial charge on any atom is -0.375 e. The van der Waals surface area contributed by atoms with Gasteiger partial charge in [-0.15, -0.1) is 6.58 Å². The summed E-state index contributed by atoms with van der Waals surface area (Å²) in [4.78, 5) is 2.45. The summed E-state index contributed by atoms with van der Waals surface area (Å²) in [6, 6.07) is 1.63. The number of ether oxygens (including phenoxy) is 1. The number of hydrogen-bond donors (Lipinski definition) is 0. The fraction of sp³-hybridized carbons (Fsp3) is 0.909. The summed E-state index contributed by atoms with van der Waals surface area (Å²) in [6.45, 7) is 20.4. The molecule has 1 atom stereocenters. The zero-order valence-electron chi connectivity index (χ0n) is 21.1. The highest BCUT2D eigenvalue weighted by molar-refractivity contribution is 6.61. The first kappa shape index (κ1) is 29.9. The fourth-order valence-electron chi connectivity index (χ4n) is 4.04. The van der Waals surface area contributed by atoms with Crippen molar-refractivity contribution in [2.24, 2.45) is 0 Å². The van der Waals surface area contributed by atoms with E-state index in [2.05, 4.69) is 11.5 Å². The van der Waals surface area contributed by atoms with E-state index in [1.54, 1.807) is 6.08 Å². The molecule has 0 saturated carbocycles. The molecule has 1 rings (SSSR count). The van der Waals surface area contributed by atoms with Crippen LogP contribution < -0.4 is 0 Å². The van der Waals surface area contributed by atoms with Crippen LogP contribution >= 0.6 is 0 Å². The van der Waals surface area contributed by atoms with Crippen molar-refractivity contribution in [3.8, 4) is 0 Å². The van der Waals surface area contributed by atoms with Crippen LogP contribution in [0.1, 0.15) is 47.5 Å². The number of nitrogens with zero attached hydrogens (tertiary/aromatic N) is 1. The SMILES string of the molecule is C=CCOCC1CN(CCC[Si](OCC)(OCC)OCC)CCC[Si](OCC)(OCC)O1. The predicted octanol–water partition coefficient (Wildman–Crippen LogP) is 3.73. The van der Waals surface area contributed by atoms with Crippen LogP contribution in [0.25, 0.3) is 0 Å². The largest absolute Gasteiger partial charge is 0.501 e. The molecule has 10 heteroatoms. The van der Waals surface area contributed by atoms with Crippen molar-refractivity contribution in [2.75, 3.05) is 65.9 Å². The molecule has 190 valence electrons. The smallest absolute Gasteiger partial charge is 0.375 e. The Bertz CT molecular complexity index is 464. The van der Waals surface area contributed by atoms with Crippen LogP contribution in [0.2, 0.25) is 12.1 Å². The minimum absolute atomic E-state index is 0.104. The molecule has 1 heterocycles. The molecule has 0 aromatic carbocycles. The molecule has 0 spiro atoms. The summed E-state index contributed by atoms with van der Waals surface area (Å²) >= 11 is 0. The van der Waals surface area contributed by atoms with E-state index in [0.717, 1.165) is 44.6 Å². The predicted molar refractivity (Wildman–Crippen MR) is 131 cm³/mol. The van der Waals surface area contributed by atoms with Gasteiger partial charge in [0, 0.05) is 51.7 Å². The zero-order valence-corrected chi connectivity index (χ0v) is 23.1. The summed E-state index contributed by atoms with van der Waals surface area (Å²) in [5.74, 6) is 0. The van der Waals surface area contributed by atoms with Gasteiger partial charge in [-0.1, -0.05) is 6.08 Å². The molecule has 0 aromatic rings. The first-order chi connectivity index (χ1) is 15.5. The maximum absolute atomic E-state index is 6.53. The molecule has 0 N–H and O–H groups in total. The van der Waals surface area contributed by atoms with Crippen molar-refractivity contribution in [2.45, 2.75) is 65.7 Å². The highest BCUT2D eigenvalue weighted by atomic mass is 28.4. The third kappa shape index (κ3) is 10.9. The molecule has 0 aliphatic carbocycles. The first-order valence-corrected chi connectivity index (χ1v) is 16.2. The van der Waals surface area contributed by atoms with Crippen molar-refractivity contribution in [3.05, 3.63) is 12.7 Å². The molecule has 0 bridgehead atoms. The summed E-state index contributed by atoms with van der Waals surface area (Å²) in [5.41, 5.74) is 0. The molecule has 1 aliphatic heterocycles. The van der Waals surface area contributed by atoms with E-state index in [0.29, 0.717) is 46.2 Å². The summed E-state index contributed by atoms with van der Waals surface area (Å²) < 4.78 is 42.5. The number of rotatable bonds is 18. The molecule has 8 nitrogen and oxygen atoms in total. The topological polar surface area (TPSA) is 67.9 Å². The molecular weight excluding hydrogens is 446 g/mol. The Morgan fingerprint density at radius 3 is 2.16 bits per heavy atom. The lowest BCUT2D eigenvalue weighted by Gasteiger charge is -2.38. The Balaban J connectivity index is 2.79. The van der Waals surface area contributed by atoms with Gasteiger partial charge in [-0.3, -0.25) is 0 Å². The van der Waals surface area contributed by atoms with Gasteiger partial charge < -0.3 is 36.2 Å². The maximum atomic E-state index is 6.53. The van der Waals surface area contributed by atoms with E-state index in [1.165, 1.54) is 0 Å². The van der Waals surface area contributed by atoms with Crippen molar-refractivity contribution in [3.63, 3.8) is 0 Å². The van der Waals surface area contributed by atoms with Crippen LogP contribution in [-0.4, -0.2) is 94.5 Å². The van der Waals surface area contributed by atoms with Gasteiger partial charge in [-0.2, -0.15) is 0 Å². The molecule has 1 saturated heterocycles. The molecule has 0 amide bonds. The standard InChI is InChI=1S/C22H47NO7Si2/c1-7-17-24-21-22-20-23(16-14-19-32(30-22,28-11-5)29-12-6)15-13-18-31(25-8-2,26-9-3)27-10-4/h7,22H,1,8-21H2,2-6H3. The molecular formula is C22H47NO7Si2. The Morgan fingerprint density at radius 1 is 1.00 bits per heavy atom. The van der Waals surface area contributed by atoms with Crippen LogP contribution in [0, 0.1) is 0 Å².